The number of rotatable bonds is 4. The van der Waals surface area contributed by atoms with E-state index in [1.165, 1.54) is 6.07 Å². The summed E-state index contributed by atoms with van der Waals surface area (Å²) in [5.74, 6) is 0.849. The average molecular weight is 433 g/mol. The van der Waals surface area contributed by atoms with Gasteiger partial charge in [0.2, 0.25) is 10.0 Å². The Hall–Kier alpha value is -2.19. The van der Waals surface area contributed by atoms with Crippen LogP contribution in [0.5, 0.6) is 0 Å². The summed E-state index contributed by atoms with van der Waals surface area (Å²) in [7, 11) is -3.65. The number of carbonyl (C=O) groups is 1. The van der Waals surface area contributed by atoms with E-state index < -0.39 is 10.0 Å². The van der Waals surface area contributed by atoms with Crippen molar-refractivity contribution in [2.45, 2.75) is 58.4 Å². The zero-order valence-electron chi connectivity index (χ0n) is 18.6. The van der Waals surface area contributed by atoms with Gasteiger partial charge in [-0.1, -0.05) is 19.9 Å². The number of sulfonamides is 1. The van der Waals surface area contributed by atoms with E-state index >= 15 is 0 Å². The molecule has 7 nitrogen and oxygen atoms in total. The smallest absolute Gasteiger partial charge is 0.256 e. The van der Waals surface area contributed by atoms with E-state index in [9.17, 15) is 13.2 Å². The Kier molecular flexibility index (Phi) is 6.11. The lowest BCUT2D eigenvalue weighted by molar-refractivity contribution is 0.102. The first kappa shape index (κ1) is 22.5. The molecule has 8 heteroatoms. The maximum Gasteiger partial charge on any atom is 0.256 e. The highest BCUT2D eigenvalue weighted by Gasteiger charge is 2.32. The third-order valence-electron chi connectivity index (χ3n) is 5.28. The van der Waals surface area contributed by atoms with Crippen LogP contribution in [0.4, 0.5) is 5.82 Å². The number of piperidine rings is 1. The van der Waals surface area contributed by atoms with Gasteiger partial charge in [0.1, 0.15) is 5.82 Å². The maximum atomic E-state index is 13.2. The van der Waals surface area contributed by atoms with Crippen molar-refractivity contribution < 1.29 is 13.2 Å². The van der Waals surface area contributed by atoms with E-state index in [2.05, 4.69) is 24.3 Å². The van der Waals surface area contributed by atoms with Gasteiger partial charge >= 0.3 is 0 Å². The van der Waals surface area contributed by atoms with Gasteiger partial charge in [-0.15, -0.1) is 0 Å². The molecule has 1 fully saturated rings. The number of anilines is 1. The standard InChI is InChI=1S/C22H32N4O3S/c1-15-10-16(2)14-25(13-15)30(28,29)19-9-7-8-18(12-19)21(27)23-20-11-17(3)24-26(20)22(4,5)6/h7-9,11-12,15-16H,10,13-14H2,1-6H3,(H,23,27). The molecule has 0 spiro atoms. The van der Waals surface area contributed by atoms with Crippen molar-refractivity contribution in [3.05, 3.63) is 41.6 Å². The Bertz CT molecular complexity index is 1030. The first-order valence-corrected chi connectivity index (χ1v) is 11.8. The molecule has 2 heterocycles. The molecule has 0 saturated carbocycles. The summed E-state index contributed by atoms with van der Waals surface area (Å²) in [6.07, 6.45) is 1.02. The summed E-state index contributed by atoms with van der Waals surface area (Å²) in [6.45, 7) is 13.0. The molecule has 2 aromatic rings. The number of benzene rings is 1. The lowest BCUT2D eigenvalue weighted by Gasteiger charge is -2.34. The predicted molar refractivity (Wildman–Crippen MR) is 118 cm³/mol. The van der Waals surface area contributed by atoms with Crippen LogP contribution in [0.25, 0.3) is 0 Å². The highest BCUT2D eigenvalue weighted by molar-refractivity contribution is 7.89. The molecule has 0 bridgehead atoms. The van der Waals surface area contributed by atoms with Gasteiger partial charge in [-0.3, -0.25) is 4.79 Å². The fraction of sp³-hybridized carbons (Fsp3) is 0.545. The lowest BCUT2D eigenvalue weighted by Crippen LogP contribution is -2.42. The maximum absolute atomic E-state index is 13.2. The van der Waals surface area contributed by atoms with Crippen LogP contribution in [0.2, 0.25) is 0 Å². The van der Waals surface area contributed by atoms with E-state index in [1.54, 1.807) is 33.3 Å². The fourth-order valence-electron chi connectivity index (χ4n) is 4.04. The first-order chi connectivity index (χ1) is 13.9. The van der Waals surface area contributed by atoms with Crippen molar-refractivity contribution in [3.8, 4) is 0 Å². The molecule has 2 atom stereocenters. The van der Waals surface area contributed by atoms with Gasteiger partial charge in [0.05, 0.1) is 16.1 Å². The molecule has 2 unspecified atom stereocenters. The molecule has 3 rings (SSSR count). The Morgan fingerprint density at radius 1 is 1.13 bits per heavy atom. The number of carbonyl (C=O) groups excluding carboxylic acids is 1. The summed E-state index contributed by atoms with van der Waals surface area (Å²) >= 11 is 0. The van der Waals surface area contributed by atoms with Crippen molar-refractivity contribution in [2.24, 2.45) is 11.8 Å². The van der Waals surface area contributed by atoms with Gasteiger partial charge in [0.15, 0.2) is 0 Å². The van der Waals surface area contributed by atoms with Crippen LogP contribution in [0.3, 0.4) is 0 Å². The minimum absolute atomic E-state index is 0.150. The summed E-state index contributed by atoms with van der Waals surface area (Å²) in [5.41, 5.74) is 0.794. The van der Waals surface area contributed by atoms with Gasteiger partial charge in [0, 0.05) is 24.7 Å². The second kappa shape index (κ2) is 8.15. The Morgan fingerprint density at radius 3 is 2.37 bits per heavy atom. The molecule has 0 radical (unpaired) electrons. The van der Waals surface area contributed by atoms with Crippen molar-refractivity contribution in [1.82, 2.24) is 14.1 Å². The van der Waals surface area contributed by atoms with E-state index in [1.807, 2.05) is 27.7 Å². The molecule has 1 N–H and O–H groups in total. The minimum atomic E-state index is -3.65. The normalized spacial score (nSPS) is 20.9. The largest absolute Gasteiger partial charge is 0.307 e. The molecule has 1 aromatic heterocycles. The quantitative estimate of drug-likeness (QED) is 0.795. The van der Waals surface area contributed by atoms with Crippen LogP contribution in [0.1, 0.15) is 57.1 Å². The molecule has 164 valence electrons. The van der Waals surface area contributed by atoms with Gasteiger partial charge in [0.25, 0.3) is 5.91 Å². The molecule has 1 amide bonds. The molecule has 1 aliphatic rings. The number of hydrogen-bond donors (Lipinski definition) is 1. The highest BCUT2D eigenvalue weighted by Crippen LogP contribution is 2.27. The summed E-state index contributed by atoms with van der Waals surface area (Å²) < 4.78 is 29.7. The van der Waals surface area contributed by atoms with Gasteiger partial charge < -0.3 is 5.32 Å². The van der Waals surface area contributed by atoms with Gasteiger partial charge in [-0.25, -0.2) is 13.1 Å². The molecular formula is C22H32N4O3S. The second-order valence-corrected chi connectivity index (χ2v) is 11.4. The SMILES string of the molecule is Cc1cc(NC(=O)c2cccc(S(=O)(=O)N3CC(C)CC(C)C3)c2)n(C(C)(C)C)n1. The predicted octanol–water partition coefficient (Wildman–Crippen LogP) is 3.87. The summed E-state index contributed by atoms with van der Waals surface area (Å²) in [5, 5.41) is 7.34. The molecule has 1 aromatic carbocycles. The zero-order valence-corrected chi connectivity index (χ0v) is 19.5. The van der Waals surface area contributed by atoms with Gasteiger partial charge in [-0.05, 0) is 64.2 Å². The van der Waals surface area contributed by atoms with Crippen LogP contribution < -0.4 is 5.32 Å². The molecule has 0 aliphatic carbocycles. The summed E-state index contributed by atoms with van der Waals surface area (Å²) in [6, 6.07) is 8.06. The monoisotopic (exact) mass is 432 g/mol. The van der Waals surface area contributed by atoms with E-state index in [-0.39, 0.29) is 16.3 Å². The first-order valence-electron chi connectivity index (χ1n) is 10.4. The topological polar surface area (TPSA) is 84.3 Å². The number of hydrogen-bond acceptors (Lipinski definition) is 4. The van der Waals surface area contributed by atoms with Crippen molar-refractivity contribution >= 4 is 21.7 Å². The van der Waals surface area contributed by atoms with Crippen LogP contribution in [-0.2, 0) is 15.6 Å². The van der Waals surface area contributed by atoms with Crippen LogP contribution in [0, 0.1) is 18.8 Å². The average Bonchev–Trinajstić information content (AvgIpc) is 3.01. The fourth-order valence-corrected chi connectivity index (χ4v) is 5.76. The van der Waals surface area contributed by atoms with Crippen LogP contribution >= 0.6 is 0 Å². The number of nitrogens with zero attached hydrogens (tertiary/aromatic N) is 3. The van der Waals surface area contributed by atoms with Crippen LogP contribution in [-0.4, -0.2) is 41.5 Å². The Morgan fingerprint density at radius 2 is 1.77 bits per heavy atom. The Balaban J connectivity index is 1.86. The van der Waals surface area contributed by atoms with E-state index in [4.69, 9.17) is 0 Å². The number of amides is 1. The molecule has 30 heavy (non-hydrogen) atoms. The minimum Gasteiger partial charge on any atom is -0.307 e. The third kappa shape index (κ3) is 4.75. The molecular weight excluding hydrogens is 400 g/mol. The zero-order chi connectivity index (χ0) is 22.3. The number of aryl methyl sites for hydroxylation is 1. The number of aromatic nitrogens is 2. The van der Waals surface area contributed by atoms with Crippen LogP contribution in [0.15, 0.2) is 35.2 Å². The van der Waals surface area contributed by atoms with Gasteiger partial charge in [-0.2, -0.15) is 9.40 Å². The van der Waals surface area contributed by atoms with E-state index in [0.717, 1.165) is 12.1 Å². The Labute approximate surface area is 179 Å². The van der Waals surface area contributed by atoms with Crippen molar-refractivity contribution in [1.29, 1.82) is 0 Å². The third-order valence-corrected chi connectivity index (χ3v) is 7.11. The summed E-state index contributed by atoms with van der Waals surface area (Å²) in [4.78, 5) is 13.1. The molecule has 1 aliphatic heterocycles. The van der Waals surface area contributed by atoms with Crippen molar-refractivity contribution in [3.63, 3.8) is 0 Å². The lowest BCUT2D eigenvalue weighted by atomic mass is 9.94. The second-order valence-electron chi connectivity index (χ2n) is 9.50. The van der Waals surface area contributed by atoms with Crippen molar-refractivity contribution in [2.75, 3.05) is 18.4 Å². The highest BCUT2D eigenvalue weighted by atomic mass is 32.2. The number of nitrogens with one attached hydrogen (secondary N) is 1. The molecule has 1 saturated heterocycles. The van der Waals surface area contributed by atoms with E-state index in [0.29, 0.717) is 36.3 Å².